The lowest BCUT2D eigenvalue weighted by Gasteiger charge is -2.27. The molecule has 1 saturated heterocycles. The summed E-state index contributed by atoms with van der Waals surface area (Å²) in [5.41, 5.74) is 0. The van der Waals surface area contributed by atoms with Crippen LogP contribution >= 0.6 is 0 Å². The molecule has 2 atom stereocenters. The molecule has 1 aliphatic heterocycles. The van der Waals surface area contributed by atoms with Crippen molar-refractivity contribution in [1.82, 2.24) is 10.0 Å². The molecule has 1 aromatic rings. The van der Waals surface area contributed by atoms with Crippen LogP contribution < -0.4 is 10.0 Å². The summed E-state index contributed by atoms with van der Waals surface area (Å²) in [5.74, 6) is 0.618. The quantitative estimate of drug-likeness (QED) is 0.826. The number of ether oxygens (including phenoxy) is 1. The highest BCUT2D eigenvalue weighted by molar-refractivity contribution is 7.89. The molecule has 6 nitrogen and oxygen atoms in total. The van der Waals surface area contributed by atoms with E-state index in [0.717, 1.165) is 6.54 Å². The van der Waals surface area contributed by atoms with E-state index in [4.69, 9.17) is 9.15 Å². The molecule has 2 rings (SSSR count). The van der Waals surface area contributed by atoms with Gasteiger partial charge in [0.15, 0.2) is 0 Å². The zero-order valence-electron chi connectivity index (χ0n) is 11.9. The molecule has 1 fully saturated rings. The number of rotatable bonds is 6. The van der Waals surface area contributed by atoms with Gasteiger partial charge in [-0.15, -0.1) is 0 Å². The van der Waals surface area contributed by atoms with Gasteiger partial charge in [-0.3, -0.25) is 0 Å². The van der Waals surface area contributed by atoms with Crippen LogP contribution in [0.1, 0.15) is 32.4 Å². The second-order valence-corrected chi connectivity index (χ2v) is 6.67. The van der Waals surface area contributed by atoms with Gasteiger partial charge in [0.25, 0.3) is 10.0 Å². The third kappa shape index (κ3) is 4.05. The molecule has 0 spiro atoms. The number of furan rings is 1. The summed E-state index contributed by atoms with van der Waals surface area (Å²) in [6.45, 7) is 5.84. The van der Waals surface area contributed by atoms with Crippen LogP contribution in [-0.2, 0) is 21.3 Å². The lowest BCUT2D eigenvalue weighted by Crippen LogP contribution is -2.41. The highest BCUT2D eigenvalue weighted by Crippen LogP contribution is 2.18. The highest BCUT2D eigenvalue weighted by atomic mass is 32.2. The maximum absolute atomic E-state index is 12.2. The summed E-state index contributed by atoms with van der Waals surface area (Å²) in [4.78, 5) is 0. The van der Waals surface area contributed by atoms with E-state index in [0.29, 0.717) is 31.8 Å². The Kier molecular flexibility index (Phi) is 5.20. The summed E-state index contributed by atoms with van der Waals surface area (Å²) in [6, 6.07) is 3.09. The fraction of sp³-hybridized carbons (Fsp3) is 0.692. The minimum atomic E-state index is -3.59. The van der Waals surface area contributed by atoms with Crippen LogP contribution in [0.5, 0.6) is 0 Å². The first-order valence-electron chi connectivity index (χ1n) is 6.94. The first-order chi connectivity index (χ1) is 9.51. The Morgan fingerprint density at radius 1 is 1.40 bits per heavy atom. The van der Waals surface area contributed by atoms with E-state index in [9.17, 15) is 8.42 Å². The number of nitrogens with one attached hydrogen (secondary N) is 2. The van der Waals surface area contributed by atoms with Crippen molar-refractivity contribution in [3.63, 3.8) is 0 Å². The summed E-state index contributed by atoms with van der Waals surface area (Å²) in [5, 5.41) is 3.07. The maximum Gasteiger partial charge on any atom is 0.274 e. The van der Waals surface area contributed by atoms with Crippen molar-refractivity contribution in [2.75, 3.05) is 13.2 Å². The molecule has 0 aromatic carbocycles. The first kappa shape index (κ1) is 15.5. The van der Waals surface area contributed by atoms with Gasteiger partial charge in [-0.25, -0.2) is 13.1 Å². The van der Waals surface area contributed by atoms with E-state index in [1.54, 1.807) is 6.07 Å². The largest absolute Gasteiger partial charge is 0.447 e. The molecule has 0 saturated carbocycles. The van der Waals surface area contributed by atoms with Crippen molar-refractivity contribution in [2.24, 2.45) is 0 Å². The molecule has 2 unspecified atom stereocenters. The molecule has 114 valence electrons. The van der Waals surface area contributed by atoms with Crippen molar-refractivity contribution in [3.8, 4) is 0 Å². The van der Waals surface area contributed by atoms with Crippen LogP contribution in [0.15, 0.2) is 21.6 Å². The Hall–Kier alpha value is -0.890. The Morgan fingerprint density at radius 3 is 2.90 bits per heavy atom. The summed E-state index contributed by atoms with van der Waals surface area (Å²) in [7, 11) is -3.59. The average molecular weight is 302 g/mol. The summed E-state index contributed by atoms with van der Waals surface area (Å²) < 4.78 is 37.9. The fourth-order valence-electron chi connectivity index (χ4n) is 2.23. The SMILES string of the molecule is CCNCc1ccc(S(=O)(=O)NC2CCOC(C)C2)o1. The van der Waals surface area contributed by atoms with Gasteiger partial charge in [0, 0.05) is 12.6 Å². The predicted octanol–water partition coefficient (Wildman–Crippen LogP) is 1.23. The van der Waals surface area contributed by atoms with E-state index >= 15 is 0 Å². The number of hydrogen-bond donors (Lipinski definition) is 2. The van der Waals surface area contributed by atoms with Gasteiger partial charge < -0.3 is 14.5 Å². The van der Waals surface area contributed by atoms with Gasteiger partial charge in [0.2, 0.25) is 5.09 Å². The lowest BCUT2D eigenvalue weighted by atomic mass is 10.1. The van der Waals surface area contributed by atoms with E-state index in [1.165, 1.54) is 6.07 Å². The molecule has 20 heavy (non-hydrogen) atoms. The van der Waals surface area contributed by atoms with Crippen LogP contribution in [0.2, 0.25) is 0 Å². The van der Waals surface area contributed by atoms with Crippen LogP contribution in [0.4, 0.5) is 0 Å². The molecule has 1 aliphatic rings. The van der Waals surface area contributed by atoms with Crippen molar-refractivity contribution >= 4 is 10.0 Å². The van der Waals surface area contributed by atoms with Crippen molar-refractivity contribution in [2.45, 2.75) is 50.5 Å². The summed E-state index contributed by atoms with van der Waals surface area (Å²) in [6.07, 6.45) is 1.45. The standard InChI is InChI=1S/C13H22N2O4S/c1-3-14-9-12-4-5-13(19-12)20(16,17)15-11-6-7-18-10(2)8-11/h4-5,10-11,14-15H,3,6-9H2,1-2H3. The third-order valence-corrected chi connectivity index (χ3v) is 4.65. The zero-order valence-corrected chi connectivity index (χ0v) is 12.7. The van der Waals surface area contributed by atoms with Crippen LogP contribution in [0, 0.1) is 0 Å². The van der Waals surface area contributed by atoms with Gasteiger partial charge in [-0.05, 0) is 38.4 Å². The molecule has 0 amide bonds. The fourth-order valence-corrected chi connectivity index (χ4v) is 3.46. The predicted molar refractivity (Wildman–Crippen MR) is 74.8 cm³/mol. The van der Waals surface area contributed by atoms with Crippen molar-refractivity contribution in [1.29, 1.82) is 0 Å². The maximum atomic E-state index is 12.2. The van der Waals surface area contributed by atoms with Gasteiger partial charge >= 0.3 is 0 Å². The Balaban J connectivity index is 2.00. The number of sulfonamides is 1. The number of hydrogen-bond acceptors (Lipinski definition) is 5. The van der Waals surface area contributed by atoms with Crippen molar-refractivity contribution in [3.05, 3.63) is 17.9 Å². The summed E-state index contributed by atoms with van der Waals surface area (Å²) >= 11 is 0. The molecule has 2 N–H and O–H groups in total. The van der Waals surface area contributed by atoms with E-state index < -0.39 is 10.0 Å². The second-order valence-electron chi connectivity index (χ2n) is 5.03. The van der Waals surface area contributed by atoms with E-state index in [-0.39, 0.29) is 17.2 Å². The minimum Gasteiger partial charge on any atom is -0.447 e. The van der Waals surface area contributed by atoms with Crippen LogP contribution in [0.3, 0.4) is 0 Å². The molecular weight excluding hydrogens is 280 g/mol. The molecule has 1 aromatic heterocycles. The normalized spacial score (nSPS) is 23.9. The molecule has 7 heteroatoms. The Morgan fingerprint density at radius 2 is 2.20 bits per heavy atom. The van der Waals surface area contributed by atoms with E-state index in [2.05, 4.69) is 10.0 Å². The molecular formula is C13H22N2O4S. The van der Waals surface area contributed by atoms with Gasteiger partial charge in [-0.2, -0.15) is 0 Å². The zero-order chi connectivity index (χ0) is 14.6. The molecule has 2 heterocycles. The average Bonchev–Trinajstić information content (AvgIpc) is 2.85. The van der Waals surface area contributed by atoms with Crippen LogP contribution in [-0.4, -0.2) is 33.7 Å². The first-order valence-corrected chi connectivity index (χ1v) is 8.43. The smallest absolute Gasteiger partial charge is 0.274 e. The highest BCUT2D eigenvalue weighted by Gasteiger charge is 2.27. The van der Waals surface area contributed by atoms with Gasteiger partial charge in [0.05, 0.1) is 12.6 Å². The minimum absolute atomic E-state index is 0.0236. The van der Waals surface area contributed by atoms with Crippen molar-refractivity contribution < 1.29 is 17.6 Å². The molecule has 0 bridgehead atoms. The van der Waals surface area contributed by atoms with Crippen LogP contribution in [0.25, 0.3) is 0 Å². The third-order valence-electron chi connectivity index (χ3n) is 3.26. The Bertz CT molecular complexity index is 526. The topological polar surface area (TPSA) is 80.6 Å². The Labute approximate surface area is 119 Å². The molecule has 0 aliphatic carbocycles. The monoisotopic (exact) mass is 302 g/mol. The lowest BCUT2D eigenvalue weighted by molar-refractivity contribution is 0.0172. The van der Waals surface area contributed by atoms with E-state index in [1.807, 2.05) is 13.8 Å². The van der Waals surface area contributed by atoms with Gasteiger partial charge in [0.1, 0.15) is 5.76 Å². The van der Waals surface area contributed by atoms with Gasteiger partial charge in [-0.1, -0.05) is 6.92 Å². The molecule has 0 radical (unpaired) electrons. The second kappa shape index (κ2) is 6.71.